The van der Waals surface area contributed by atoms with E-state index in [1.165, 1.54) is 13.3 Å². The van der Waals surface area contributed by atoms with Crippen LogP contribution in [0.15, 0.2) is 53.8 Å². The zero-order chi connectivity index (χ0) is 18.5. The third-order valence-electron chi connectivity index (χ3n) is 3.74. The second-order valence-corrected chi connectivity index (χ2v) is 5.49. The SMILES string of the molecule is COC(N)=Nc1cccc2ncc(CC(=O)c3ccc(C#N)cn3)cc12. The van der Waals surface area contributed by atoms with Crippen LogP contribution in [0.5, 0.6) is 0 Å². The van der Waals surface area contributed by atoms with E-state index in [0.717, 1.165) is 16.5 Å². The van der Waals surface area contributed by atoms with Crippen molar-refractivity contribution in [3.05, 3.63) is 65.6 Å². The molecule has 0 fully saturated rings. The van der Waals surface area contributed by atoms with Crippen molar-refractivity contribution < 1.29 is 9.53 Å². The van der Waals surface area contributed by atoms with Gasteiger partial charge in [0.15, 0.2) is 5.78 Å². The van der Waals surface area contributed by atoms with Crippen LogP contribution in [-0.4, -0.2) is 28.9 Å². The molecule has 0 spiro atoms. The van der Waals surface area contributed by atoms with Gasteiger partial charge >= 0.3 is 0 Å². The van der Waals surface area contributed by atoms with E-state index in [4.69, 9.17) is 15.7 Å². The molecular weight excluding hydrogens is 330 g/mol. The van der Waals surface area contributed by atoms with Gasteiger partial charge in [-0.3, -0.25) is 14.8 Å². The molecule has 1 aromatic carbocycles. The summed E-state index contributed by atoms with van der Waals surface area (Å²) in [4.78, 5) is 25.0. The first kappa shape index (κ1) is 17.0. The predicted molar refractivity (Wildman–Crippen MR) is 97.0 cm³/mol. The number of aromatic nitrogens is 2. The molecule has 0 atom stereocenters. The number of hydrogen-bond donors (Lipinski definition) is 1. The number of pyridine rings is 2. The first-order valence-electron chi connectivity index (χ1n) is 7.76. The maximum absolute atomic E-state index is 12.4. The van der Waals surface area contributed by atoms with Crippen molar-refractivity contribution in [3.63, 3.8) is 0 Å². The third-order valence-corrected chi connectivity index (χ3v) is 3.74. The van der Waals surface area contributed by atoms with Gasteiger partial charge in [-0.2, -0.15) is 10.3 Å². The number of ketones is 1. The molecule has 0 amide bonds. The van der Waals surface area contributed by atoms with E-state index in [1.807, 2.05) is 24.3 Å². The molecule has 2 aromatic heterocycles. The monoisotopic (exact) mass is 345 g/mol. The molecule has 0 saturated carbocycles. The first-order valence-corrected chi connectivity index (χ1v) is 7.76. The summed E-state index contributed by atoms with van der Waals surface area (Å²) in [5.74, 6) is -0.159. The van der Waals surface area contributed by atoms with Crippen molar-refractivity contribution >= 4 is 28.4 Å². The van der Waals surface area contributed by atoms with E-state index < -0.39 is 0 Å². The van der Waals surface area contributed by atoms with Gasteiger partial charge in [0.2, 0.25) is 0 Å². The molecule has 0 aliphatic heterocycles. The number of nitrogens with two attached hydrogens (primary N) is 1. The minimum absolute atomic E-state index is 0.0424. The van der Waals surface area contributed by atoms with Crippen LogP contribution in [0.25, 0.3) is 10.9 Å². The number of benzene rings is 1. The summed E-state index contributed by atoms with van der Waals surface area (Å²) in [7, 11) is 1.44. The Kier molecular flexibility index (Phi) is 4.85. The van der Waals surface area contributed by atoms with Crippen LogP contribution >= 0.6 is 0 Å². The van der Waals surface area contributed by atoms with Gasteiger partial charge in [-0.05, 0) is 35.9 Å². The van der Waals surface area contributed by atoms with Crippen LogP contribution in [0.1, 0.15) is 21.6 Å². The van der Waals surface area contributed by atoms with E-state index in [2.05, 4.69) is 15.0 Å². The number of carbonyl (C=O) groups is 1. The summed E-state index contributed by atoms with van der Waals surface area (Å²) in [6, 6.07) is 12.5. The Morgan fingerprint density at radius 1 is 1.27 bits per heavy atom. The van der Waals surface area contributed by atoms with Crippen molar-refractivity contribution in [1.29, 1.82) is 5.26 Å². The van der Waals surface area contributed by atoms with Crippen molar-refractivity contribution in [2.45, 2.75) is 6.42 Å². The van der Waals surface area contributed by atoms with E-state index in [-0.39, 0.29) is 18.2 Å². The Morgan fingerprint density at radius 3 is 2.81 bits per heavy atom. The lowest BCUT2D eigenvalue weighted by Gasteiger charge is -2.06. The summed E-state index contributed by atoms with van der Waals surface area (Å²) in [6.07, 6.45) is 3.17. The van der Waals surface area contributed by atoms with Gasteiger partial charge in [-0.15, -0.1) is 0 Å². The number of amidine groups is 1. The maximum atomic E-state index is 12.4. The van der Waals surface area contributed by atoms with Crippen LogP contribution in [0.2, 0.25) is 0 Å². The lowest BCUT2D eigenvalue weighted by molar-refractivity contribution is 0.0988. The van der Waals surface area contributed by atoms with Crippen LogP contribution in [0, 0.1) is 11.3 Å². The Hall–Kier alpha value is -3.79. The summed E-state index contributed by atoms with van der Waals surface area (Å²) < 4.78 is 4.90. The first-order chi connectivity index (χ1) is 12.6. The lowest BCUT2D eigenvalue weighted by Crippen LogP contribution is -2.12. The van der Waals surface area contributed by atoms with Gasteiger partial charge in [0, 0.05) is 24.2 Å². The van der Waals surface area contributed by atoms with Crippen LogP contribution in [-0.2, 0) is 11.2 Å². The highest BCUT2D eigenvalue weighted by molar-refractivity contribution is 5.97. The van der Waals surface area contributed by atoms with Gasteiger partial charge in [0.25, 0.3) is 6.02 Å². The van der Waals surface area contributed by atoms with E-state index in [9.17, 15) is 4.79 Å². The number of nitrogens with zero attached hydrogens (tertiary/aromatic N) is 4. The number of hydrogen-bond acceptors (Lipinski definition) is 6. The number of nitriles is 1. The average molecular weight is 345 g/mol. The molecular formula is C19H15N5O2. The van der Waals surface area contributed by atoms with Gasteiger partial charge in [0.1, 0.15) is 11.8 Å². The topological polar surface area (TPSA) is 114 Å². The predicted octanol–water partition coefficient (Wildman–Crippen LogP) is 2.52. The van der Waals surface area contributed by atoms with E-state index >= 15 is 0 Å². The largest absolute Gasteiger partial charge is 0.469 e. The third kappa shape index (κ3) is 3.65. The van der Waals surface area contributed by atoms with E-state index in [0.29, 0.717) is 16.9 Å². The number of fused-ring (bicyclic) bond motifs is 1. The maximum Gasteiger partial charge on any atom is 0.286 e. The number of Topliss-reactive ketones (excluding diaryl/α,β-unsaturated/α-hetero) is 1. The lowest BCUT2D eigenvalue weighted by atomic mass is 10.1. The average Bonchev–Trinajstić information content (AvgIpc) is 2.68. The molecule has 0 unspecified atom stereocenters. The number of rotatable bonds is 4. The summed E-state index contributed by atoms with van der Waals surface area (Å²) in [5.41, 5.74) is 8.43. The van der Waals surface area contributed by atoms with Crippen LogP contribution in [0.3, 0.4) is 0 Å². The zero-order valence-corrected chi connectivity index (χ0v) is 14.0. The summed E-state index contributed by atoms with van der Waals surface area (Å²) in [5, 5.41) is 9.57. The highest BCUT2D eigenvalue weighted by atomic mass is 16.5. The smallest absolute Gasteiger partial charge is 0.286 e. The Morgan fingerprint density at radius 2 is 2.12 bits per heavy atom. The second-order valence-electron chi connectivity index (χ2n) is 5.49. The molecule has 128 valence electrons. The molecule has 3 rings (SSSR count). The number of methoxy groups -OCH3 is 1. The fraction of sp³-hybridized carbons (Fsp3) is 0.105. The molecule has 0 saturated heterocycles. The zero-order valence-electron chi connectivity index (χ0n) is 14.0. The fourth-order valence-corrected chi connectivity index (χ4v) is 2.44. The molecule has 0 bridgehead atoms. The molecule has 2 heterocycles. The van der Waals surface area contributed by atoms with E-state index in [1.54, 1.807) is 24.4 Å². The molecule has 3 aromatic rings. The highest BCUT2D eigenvalue weighted by Gasteiger charge is 2.11. The normalized spacial score (nSPS) is 11.2. The molecule has 7 heteroatoms. The molecule has 7 nitrogen and oxygen atoms in total. The van der Waals surface area contributed by atoms with Crippen molar-refractivity contribution in [3.8, 4) is 6.07 Å². The number of aliphatic imine (C=N–C) groups is 1. The van der Waals surface area contributed by atoms with Gasteiger partial charge in [0.05, 0.1) is 23.9 Å². The minimum atomic E-state index is -0.159. The Balaban J connectivity index is 1.91. The van der Waals surface area contributed by atoms with Gasteiger partial charge in [-0.1, -0.05) is 6.07 Å². The number of carbonyl (C=O) groups excluding carboxylic acids is 1. The van der Waals surface area contributed by atoms with Crippen molar-refractivity contribution in [2.75, 3.05) is 7.11 Å². The molecule has 2 N–H and O–H groups in total. The molecule has 0 aliphatic rings. The van der Waals surface area contributed by atoms with Crippen molar-refractivity contribution in [1.82, 2.24) is 9.97 Å². The Labute approximate surface area is 149 Å². The van der Waals surface area contributed by atoms with Crippen molar-refractivity contribution in [2.24, 2.45) is 10.7 Å². The van der Waals surface area contributed by atoms with Crippen LogP contribution < -0.4 is 5.73 Å². The standard InChI is InChI=1S/C19H15N5O2/c1-26-19(21)24-16-4-2-3-15-14(16)7-13(11-22-15)8-18(25)17-6-5-12(9-20)10-23-17/h2-7,10-11H,8H2,1H3,(H2,21,24). The van der Waals surface area contributed by atoms with Gasteiger partial charge < -0.3 is 10.5 Å². The fourth-order valence-electron chi connectivity index (χ4n) is 2.44. The number of ether oxygens (including phenoxy) is 1. The quantitative estimate of drug-likeness (QED) is 0.441. The van der Waals surface area contributed by atoms with Crippen LogP contribution in [0.4, 0.5) is 5.69 Å². The highest BCUT2D eigenvalue weighted by Crippen LogP contribution is 2.26. The summed E-state index contributed by atoms with van der Waals surface area (Å²) in [6.45, 7) is 0. The van der Waals surface area contributed by atoms with Gasteiger partial charge in [-0.25, -0.2) is 0 Å². The Bertz CT molecular complexity index is 1040. The molecule has 0 aliphatic carbocycles. The molecule has 0 radical (unpaired) electrons. The second kappa shape index (κ2) is 7.40. The minimum Gasteiger partial charge on any atom is -0.469 e. The summed E-state index contributed by atoms with van der Waals surface area (Å²) >= 11 is 0. The molecule has 26 heavy (non-hydrogen) atoms.